The van der Waals surface area contributed by atoms with Crippen molar-refractivity contribution in [1.82, 2.24) is 20.2 Å². The minimum absolute atomic E-state index is 0.134. The van der Waals surface area contributed by atoms with E-state index in [4.69, 9.17) is 0 Å². The molecule has 122 valence electrons. The summed E-state index contributed by atoms with van der Waals surface area (Å²) in [4.78, 5) is 0. The topological polar surface area (TPSA) is 55.6 Å². The second kappa shape index (κ2) is 5.44. The maximum atomic E-state index is 4.12. The maximum absolute atomic E-state index is 4.12. The summed E-state index contributed by atoms with van der Waals surface area (Å²) in [6.45, 7) is 4.63. The van der Waals surface area contributed by atoms with E-state index in [1.54, 1.807) is 4.68 Å². The fourth-order valence-electron chi connectivity index (χ4n) is 3.63. The van der Waals surface area contributed by atoms with Crippen LogP contribution >= 0.6 is 0 Å². The van der Waals surface area contributed by atoms with Crippen LogP contribution in [0.4, 0.5) is 5.69 Å². The number of benzene rings is 2. The van der Waals surface area contributed by atoms with E-state index < -0.39 is 0 Å². The average Bonchev–Trinajstić information content (AvgIpc) is 3.00. The first-order chi connectivity index (χ1) is 11.5. The van der Waals surface area contributed by atoms with Gasteiger partial charge in [0.05, 0.1) is 6.04 Å². The molecular weight excluding hydrogens is 298 g/mol. The Morgan fingerprint density at radius 1 is 1.12 bits per heavy atom. The first-order valence-corrected chi connectivity index (χ1v) is 8.23. The van der Waals surface area contributed by atoms with Crippen molar-refractivity contribution in [2.24, 2.45) is 7.05 Å². The van der Waals surface area contributed by atoms with Crippen molar-refractivity contribution in [1.29, 1.82) is 0 Å². The zero-order valence-corrected chi connectivity index (χ0v) is 14.2. The summed E-state index contributed by atoms with van der Waals surface area (Å²) in [5, 5.41) is 15.5. The Labute approximate surface area is 141 Å². The Balaban J connectivity index is 1.72. The molecule has 0 bridgehead atoms. The lowest BCUT2D eigenvalue weighted by Gasteiger charge is -2.39. The molecule has 0 saturated heterocycles. The van der Waals surface area contributed by atoms with Crippen LogP contribution in [0.1, 0.15) is 37.4 Å². The number of hydrogen-bond donors (Lipinski definition) is 1. The quantitative estimate of drug-likeness (QED) is 0.782. The molecule has 5 nitrogen and oxygen atoms in total. The normalized spacial score (nSPS) is 18.7. The van der Waals surface area contributed by atoms with Gasteiger partial charge in [0.25, 0.3) is 0 Å². The highest BCUT2D eigenvalue weighted by Crippen LogP contribution is 2.44. The van der Waals surface area contributed by atoms with Crippen LogP contribution < -0.4 is 5.32 Å². The molecule has 2 heterocycles. The van der Waals surface area contributed by atoms with Crippen LogP contribution in [0.5, 0.6) is 0 Å². The number of tetrazole rings is 1. The molecule has 2 aromatic carbocycles. The summed E-state index contributed by atoms with van der Waals surface area (Å²) >= 11 is 0. The first kappa shape index (κ1) is 14.9. The van der Waals surface area contributed by atoms with Crippen molar-refractivity contribution >= 4 is 5.69 Å². The molecule has 24 heavy (non-hydrogen) atoms. The molecule has 4 rings (SSSR count). The average molecular weight is 319 g/mol. The molecule has 3 aromatic rings. The smallest absolute Gasteiger partial charge is 0.181 e. The third-order valence-corrected chi connectivity index (χ3v) is 4.87. The van der Waals surface area contributed by atoms with Gasteiger partial charge < -0.3 is 5.32 Å². The number of para-hydroxylation sites is 1. The van der Waals surface area contributed by atoms with E-state index in [0.717, 1.165) is 17.8 Å². The molecule has 5 heteroatoms. The Kier molecular flexibility index (Phi) is 3.37. The van der Waals surface area contributed by atoms with Crippen molar-refractivity contribution in [2.45, 2.75) is 31.7 Å². The lowest BCUT2D eigenvalue weighted by Crippen LogP contribution is -2.31. The number of hydrogen-bond acceptors (Lipinski definition) is 4. The standard InChI is InChI=1S/C19H21N5/c1-19(2)12-17(20-16-10-5-4-9-15(16)19)13-7-6-8-14(11-13)18-21-22-23-24(18)3/h4-11,17,20H,12H2,1-3H3. The van der Waals surface area contributed by atoms with E-state index in [2.05, 4.69) is 83.2 Å². The lowest BCUT2D eigenvalue weighted by atomic mass is 9.74. The predicted molar refractivity (Wildman–Crippen MR) is 94.7 cm³/mol. The Morgan fingerprint density at radius 3 is 2.75 bits per heavy atom. The molecule has 0 radical (unpaired) electrons. The lowest BCUT2D eigenvalue weighted by molar-refractivity contribution is 0.427. The summed E-state index contributed by atoms with van der Waals surface area (Å²) < 4.78 is 1.70. The third kappa shape index (κ3) is 2.46. The van der Waals surface area contributed by atoms with Crippen molar-refractivity contribution in [2.75, 3.05) is 5.32 Å². The van der Waals surface area contributed by atoms with Crippen LogP contribution in [-0.4, -0.2) is 20.2 Å². The van der Waals surface area contributed by atoms with E-state index in [1.807, 2.05) is 7.05 Å². The molecular formula is C19H21N5. The Hall–Kier alpha value is -2.69. The minimum atomic E-state index is 0.134. The molecule has 0 fully saturated rings. The number of rotatable bonds is 2. The molecule has 1 aliphatic rings. The summed E-state index contributed by atoms with van der Waals surface area (Å²) in [6, 6.07) is 17.4. The van der Waals surface area contributed by atoms with Crippen molar-refractivity contribution in [3.8, 4) is 11.4 Å². The van der Waals surface area contributed by atoms with Crippen molar-refractivity contribution in [3.63, 3.8) is 0 Å². The highest BCUT2D eigenvalue weighted by Gasteiger charge is 2.33. The van der Waals surface area contributed by atoms with Crippen LogP contribution in [-0.2, 0) is 12.5 Å². The highest BCUT2D eigenvalue weighted by molar-refractivity contribution is 5.60. The molecule has 1 aliphatic heterocycles. The third-order valence-electron chi connectivity index (χ3n) is 4.87. The fraction of sp³-hybridized carbons (Fsp3) is 0.316. The van der Waals surface area contributed by atoms with E-state index in [9.17, 15) is 0 Å². The number of nitrogens with zero attached hydrogens (tertiary/aromatic N) is 4. The highest BCUT2D eigenvalue weighted by atomic mass is 15.5. The van der Waals surface area contributed by atoms with Gasteiger partial charge in [0.1, 0.15) is 0 Å². The number of anilines is 1. The largest absolute Gasteiger partial charge is 0.378 e. The van der Waals surface area contributed by atoms with Gasteiger partial charge in [0.2, 0.25) is 0 Å². The SMILES string of the molecule is Cn1nnnc1-c1cccc(C2CC(C)(C)c3ccccc3N2)c1. The minimum Gasteiger partial charge on any atom is -0.378 e. The van der Waals surface area contributed by atoms with E-state index >= 15 is 0 Å². The zero-order valence-electron chi connectivity index (χ0n) is 14.2. The van der Waals surface area contributed by atoms with Gasteiger partial charge >= 0.3 is 0 Å². The van der Waals surface area contributed by atoms with Gasteiger partial charge in [-0.2, -0.15) is 0 Å². The molecule has 1 aromatic heterocycles. The molecule has 1 unspecified atom stereocenters. The second-order valence-electron chi connectivity index (χ2n) is 7.08. The Bertz CT molecular complexity index is 881. The van der Waals surface area contributed by atoms with Crippen LogP contribution in [0.3, 0.4) is 0 Å². The van der Waals surface area contributed by atoms with E-state index in [0.29, 0.717) is 0 Å². The molecule has 1 N–H and O–H groups in total. The summed E-state index contributed by atoms with van der Waals surface area (Å²) in [6.07, 6.45) is 1.05. The Morgan fingerprint density at radius 2 is 1.96 bits per heavy atom. The van der Waals surface area contributed by atoms with Crippen LogP contribution in [0, 0.1) is 0 Å². The first-order valence-electron chi connectivity index (χ1n) is 8.23. The fourth-order valence-corrected chi connectivity index (χ4v) is 3.63. The number of nitrogens with one attached hydrogen (secondary N) is 1. The molecule has 0 aliphatic carbocycles. The predicted octanol–water partition coefficient (Wildman–Crippen LogP) is 3.71. The van der Waals surface area contributed by atoms with Crippen LogP contribution in [0.25, 0.3) is 11.4 Å². The van der Waals surface area contributed by atoms with E-state index in [1.165, 1.54) is 16.8 Å². The molecule has 1 atom stereocenters. The van der Waals surface area contributed by atoms with Crippen LogP contribution in [0.15, 0.2) is 48.5 Å². The van der Waals surface area contributed by atoms with E-state index in [-0.39, 0.29) is 11.5 Å². The molecule has 0 amide bonds. The van der Waals surface area contributed by atoms with Gasteiger partial charge in [0.15, 0.2) is 5.82 Å². The second-order valence-corrected chi connectivity index (χ2v) is 7.08. The van der Waals surface area contributed by atoms with Gasteiger partial charge in [-0.1, -0.05) is 50.2 Å². The van der Waals surface area contributed by atoms with Gasteiger partial charge in [-0.05, 0) is 45.5 Å². The molecule has 0 saturated carbocycles. The van der Waals surface area contributed by atoms with Gasteiger partial charge in [0, 0.05) is 18.3 Å². The monoisotopic (exact) mass is 319 g/mol. The number of fused-ring (bicyclic) bond motifs is 1. The van der Waals surface area contributed by atoms with Crippen molar-refractivity contribution < 1.29 is 0 Å². The van der Waals surface area contributed by atoms with Gasteiger partial charge in [-0.25, -0.2) is 4.68 Å². The molecule has 0 spiro atoms. The number of aromatic nitrogens is 4. The summed E-state index contributed by atoms with van der Waals surface area (Å²) in [7, 11) is 1.86. The van der Waals surface area contributed by atoms with Gasteiger partial charge in [-0.15, -0.1) is 5.10 Å². The van der Waals surface area contributed by atoms with Gasteiger partial charge in [-0.3, -0.25) is 0 Å². The summed E-state index contributed by atoms with van der Waals surface area (Å²) in [5.74, 6) is 0.785. The van der Waals surface area contributed by atoms with Crippen molar-refractivity contribution in [3.05, 3.63) is 59.7 Å². The van der Waals surface area contributed by atoms with Crippen LogP contribution in [0.2, 0.25) is 0 Å². The number of aryl methyl sites for hydroxylation is 1. The summed E-state index contributed by atoms with van der Waals surface area (Å²) in [5.41, 5.74) is 5.05. The maximum Gasteiger partial charge on any atom is 0.181 e. The zero-order chi connectivity index (χ0) is 16.7.